The molecular weight excluding hydrogens is 264 g/mol. The highest BCUT2D eigenvalue weighted by molar-refractivity contribution is 5.73. The second-order valence-electron chi connectivity index (χ2n) is 5.32. The van der Waals surface area contributed by atoms with E-state index in [0.717, 1.165) is 11.1 Å². The molecule has 1 unspecified atom stereocenters. The minimum absolute atomic E-state index is 0.00491. The van der Waals surface area contributed by atoms with Gasteiger partial charge >= 0.3 is 5.97 Å². The lowest BCUT2D eigenvalue weighted by molar-refractivity contribution is -0.142. The van der Waals surface area contributed by atoms with Crippen molar-refractivity contribution in [2.24, 2.45) is 0 Å². The Kier molecular flexibility index (Phi) is 3.73. The number of likely N-dealkylation sites (N-methyl/N-ethyl adjacent to an activating group) is 1. The number of hydrogen-bond donors (Lipinski definition) is 2. The molecule has 1 aliphatic heterocycles. The topological polar surface area (TPSA) is 52.6 Å². The average molecular weight is 282 g/mol. The lowest BCUT2D eigenvalue weighted by Crippen LogP contribution is -2.40. The van der Waals surface area contributed by atoms with Gasteiger partial charge in [0.25, 0.3) is 0 Å². The SMILES string of the molecule is CN1C(C(=O)O)N[C@@H](c2ccccc2)[C@@H]1c1ccccc1. The summed E-state index contributed by atoms with van der Waals surface area (Å²) in [6.45, 7) is 0. The third kappa shape index (κ3) is 2.55. The number of carbonyl (C=O) groups is 1. The van der Waals surface area contributed by atoms with Crippen LogP contribution in [-0.2, 0) is 4.79 Å². The number of nitrogens with zero attached hydrogens (tertiary/aromatic N) is 1. The van der Waals surface area contributed by atoms with Crippen LogP contribution in [-0.4, -0.2) is 29.2 Å². The summed E-state index contributed by atoms with van der Waals surface area (Å²) in [5.74, 6) is -0.850. The molecule has 108 valence electrons. The van der Waals surface area contributed by atoms with E-state index in [1.807, 2.05) is 72.6 Å². The van der Waals surface area contributed by atoms with Crippen LogP contribution in [0, 0.1) is 0 Å². The van der Waals surface area contributed by atoms with Gasteiger partial charge in [-0.15, -0.1) is 0 Å². The van der Waals surface area contributed by atoms with Crippen molar-refractivity contribution in [2.45, 2.75) is 18.2 Å². The van der Waals surface area contributed by atoms with Crippen LogP contribution in [0.25, 0.3) is 0 Å². The lowest BCUT2D eigenvalue weighted by Gasteiger charge is -2.25. The van der Waals surface area contributed by atoms with Crippen LogP contribution in [0.1, 0.15) is 23.2 Å². The van der Waals surface area contributed by atoms with Gasteiger partial charge in [-0.3, -0.25) is 10.2 Å². The van der Waals surface area contributed by atoms with E-state index in [9.17, 15) is 9.90 Å². The molecule has 2 aromatic carbocycles. The number of carboxylic acids is 1. The van der Waals surface area contributed by atoms with E-state index >= 15 is 0 Å². The van der Waals surface area contributed by atoms with Gasteiger partial charge < -0.3 is 5.11 Å². The molecule has 0 aliphatic carbocycles. The van der Waals surface area contributed by atoms with Crippen LogP contribution >= 0.6 is 0 Å². The van der Waals surface area contributed by atoms with Gasteiger partial charge in [0.2, 0.25) is 0 Å². The van der Waals surface area contributed by atoms with Crippen LogP contribution in [0.15, 0.2) is 60.7 Å². The standard InChI is InChI=1S/C17H18N2O2/c1-19-15(13-10-6-3-7-11-13)14(18-16(19)17(20)21)12-8-4-2-5-9-12/h2-11,14-16,18H,1H3,(H,20,21)/t14-,15-,16?/m0/s1. The van der Waals surface area contributed by atoms with Gasteiger partial charge in [-0.25, -0.2) is 4.79 Å². The Bertz CT molecular complexity index is 615. The fourth-order valence-electron chi connectivity index (χ4n) is 3.04. The zero-order valence-corrected chi connectivity index (χ0v) is 11.8. The van der Waals surface area contributed by atoms with E-state index in [1.54, 1.807) is 0 Å². The Morgan fingerprint density at radius 1 is 1.00 bits per heavy atom. The molecule has 4 heteroatoms. The average Bonchev–Trinajstić information content (AvgIpc) is 2.87. The predicted molar refractivity (Wildman–Crippen MR) is 80.7 cm³/mol. The van der Waals surface area contributed by atoms with Crippen molar-refractivity contribution < 1.29 is 9.90 Å². The number of aliphatic carboxylic acids is 1. The summed E-state index contributed by atoms with van der Waals surface area (Å²) >= 11 is 0. The number of hydrogen-bond acceptors (Lipinski definition) is 3. The molecule has 1 saturated heterocycles. The van der Waals surface area contributed by atoms with Crippen molar-refractivity contribution in [3.63, 3.8) is 0 Å². The van der Waals surface area contributed by atoms with Crippen molar-refractivity contribution in [1.82, 2.24) is 10.2 Å². The van der Waals surface area contributed by atoms with Gasteiger partial charge in [-0.2, -0.15) is 0 Å². The van der Waals surface area contributed by atoms with E-state index in [1.165, 1.54) is 0 Å². The van der Waals surface area contributed by atoms with Gasteiger partial charge in [0.05, 0.1) is 12.1 Å². The fourth-order valence-corrected chi connectivity index (χ4v) is 3.04. The molecule has 1 heterocycles. The Balaban J connectivity index is 2.02. The van der Waals surface area contributed by atoms with E-state index in [4.69, 9.17) is 0 Å². The summed E-state index contributed by atoms with van der Waals surface area (Å²) in [5.41, 5.74) is 2.21. The van der Waals surface area contributed by atoms with Crippen LogP contribution in [0.5, 0.6) is 0 Å². The van der Waals surface area contributed by atoms with Crippen LogP contribution in [0.2, 0.25) is 0 Å². The molecule has 2 N–H and O–H groups in total. The van der Waals surface area contributed by atoms with E-state index in [0.29, 0.717) is 0 Å². The molecule has 0 aromatic heterocycles. The van der Waals surface area contributed by atoms with Gasteiger partial charge in [0.1, 0.15) is 0 Å². The van der Waals surface area contributed by atoms with Crippen molar-refractivity contribution >= 4 is 5.97 Å². The maximum absolute atomic E-state index is 11.5. The van der Waals surface area contributed by atoms with Crippen molar-refractivity contribution in [2.75, 3.05) is 7.05 Å². The molecule has 0 saturated carbocycles. The molecule has 0 amide bonds. The maximum Gasteiger partial charge on any atom is 0.335 e. The summed E-state index contributed by atoms with van der Waals surface area (Å²) < 4.78 is 0. The van der Waals surface area contributed by atoms with Gasteiger partial charge in [0, 0.05) is 0 Å². The number of benzene rings is 2. The van der Waals surface area contributed by atoms with Gasteiger partial charge in [-0.1, -0.05) is 60.7 Å². The minimum Gasteiger partial charge on any atom is -0.479 e. The summed E-state index contributed by atoms with van der Waals surface area (Å²) in [6, 6.07) is 20.0. The van der Waals surface area contributed by atoms with Gasteiger partial charge in [0.15, 0.2) is 6.17 Å². The first-order valence-corrected chi connectivity index (χ1v) is 6.99. The maximum atomic E-state index is 11.5. The van der Waals surface area contributed by atoms with Crippen LogP contribution < -0.4 is 5.32 Å². The highest BCUT2D eigenvalue weighted by Gasteiger charge is 2.43. The Morgan fingerprint density at radius 2 is 1.52 bits per heavy atom. The molecule has 3 rings (SSSR count). The first-order chi connectivity index (χ1) is 10.2. The number of nitrogens with one attached hydrogen (secondary N) is 1. The molecule has 1 aliphatic rings. The normalized spacial score (nSPS) is 25.9. The molecular formula is C17H18N2O2. The Morgan fingerprint density at radius 3 is 2.05 bits per heavy atom. The fraction of sp³-hybridized carbons (Fsp3) is 0.235. The molecule has 1 fully saturated rings. The number of carboxylic acid groups (broad SMARTS) is 1. The van der Waals surface area contributed by atoms with Crippen molar-refractivity contribution in [3.05, 3.63) is 71.8 Å². The second kappa shape index (κ2) is 5.68. The third-order valence-electron chi connectivity index (χ3n) is 4.03. The predicted octanol–water partition coefficient (Wildman–Crippen LogP) is 2.41. The first kappa shape index (κ1) is 13.8. The summed E-state index contributed by atoms with van der Waals surface area (Å²) in [6.07, 6.45) is -0.680. The highest BCUT2D eigenvalue weighted by atomic mass is 16.4. The van der Waals surface area contributed by atoms with Crippen LogP contribution in [0.3, 0.4) is 0 Å². The largest absolute Gasteiger partial charge is 0.479 e. The van der Waals surface area contributed by atoms with E-state index < -0.39 is 12.1 Å². The Labute approximate surface area is 124 Å². The van der Waals surface area contributed by atoms with Crippen molar-refractivity contribution in [1.29, 1.82) is 0 Å². The van der Waals surface area contributed by atoms with E-state index in [2.05, 4.69) is 5.32 Å². The zero-order chi connectivity index (χ0) is 14.8. The monoisotopic (exact) mass is 282 g/mol. The summed E-state index contributed by atoms with van der Waals surface area (Å²) in [7, 11) is 1.85. The summed E-state index contributed by atoms with van der Waals surface area (Å²) in [5, 5.41) is 12.6. The summed E-state index contributed by atoms with van der Waals surface area (Å²) in [4.78, 5) is 13.3. The number of rotatable bonds is 3. The highest BCUT2D eigenvalue weighted by Crippen LogP contribution is 2.39. The molecule has 4 nitrogen and oxygen atoms in total. The van der Waals surface area contributed by atoms with Gasteiger partial charge in [-0.05, 0) is 18.2 Å². The second-order valence-corrected chi connectivity index (χ2v) is 5.32. The molecule has 0 radical (unpaired) electrons. The lowest BCUT2D eigenvalue weighted by atomic mass is 9.94. The van der Waals surface area contributed by atoms with E-state index in [-0.39, 0.29) is 12.1 Å². The quantitative estimate of drug-likeness (QED) is 0.908. The molecule has 3 atom stereocenters. The zero-order valence-electron chi connectivity index (χ0n) is 11.8. The molecule has 21 heavy (non-hydrogen) atoms. The van der Waals surface area contributed by atoms with Crippen molar-refractivity contribution in [3.8, 4) is 0 Å². The Hall–Kier alpha value is -2.17. The minimum atomic E-state index is -0.850. The smallest absolute Gasteiger partial charge is 0.335 e. The molecule has 2 aromatic rings. The first-order valence-electron chi connectivity index (χ1n) is 6.99. The van der Waals surface area contributed by atoms with Crippen LogP contribution in [0.4, 0.5) is 0 Å². The molecule has 0 spiro atoms. The third-order valence-corrected chi connectivity index (χ3v) is 4.03. The molecule has 0 bridgehead atoms.